The normalized spacial score (nSPS) is 16.7. The van der Waals surface area contributed by atoms with Crippen LogP contribution in [0.3, 0.4) is 0 Å². The Balaban J connectivity index is 2.75. The van der Waals surface area contributed by atoms with Gasteiger partial charge < -0.3 is 4.42 Å². The van der Waals surface area contributed by atoms with Gasteiger partial charge in [0, 0.05) is 5.22 Å². The van der Waals surface area contributed by atoms with Gasteiger partial charge in [0.1, 0.15) is 5.42 Å². The van der Waals surface area contributed by atoms with Crippen LogP contribution in [0.4, 0.5) is 0 Å². The average Bonchev–Trinajstić information content (AvgIpc) is 2.48. The van der Waals surface area contributed by atoms with E-state index in [1.807, 2.05) is 0 Å². The van der Waals surface area contributed by atoms with Crippen LogP contribution in [0.25, 0.3) is 11.6 Å². The molecule has 0 radical (unpaired) electrons. The molecule has 0 aromatic carbocycles. The largest absolute Gasteiger partial charge is 0.464 e. The van der Waals surface area contributed by atoms with Gasteiger partial charge in [0.15, 0.2) is 0 Å². The van der Waals surface area contributed by atoms with Gasteiger partial charge >= 0.3 is 0 Å². The van der Waals surface area contributed by atoms with E-state index in [9.17, 15) is 0 Å². The molecule has 0 unspecified atom stereocenters. The number of hydrogen-bond donors (Lipinski definition) is 0. The first kappa shape index (κ1) is 8.61. The van der Waals surface area contributed by atoms with Crippen LogP contribution in [0, 0.1) is 5.41 Å². The van der Waals surface area contributed by atoms with Gasteiger partial charge in [-0.15, -0.1) is 0 Å². The molecule has 0 bridgehead atoms. The van der Waals surface area contributed by atoms with Gasteiger partial charge in [-0.05, 0) is 29.9 Å². The first-order valence-corrected chi connectivity index (χ1v) is 4.86. The smallest absolute Gasteiger partial charge is 0.133 e. The van der Waals surface area contributed by atoms with Crippen molar-refractivity contribution in [3.05, 3.63) is 23.0 Å². The second-order valence-electron chi connectivity index (χ2n) is 4.68. The lowest BCUT2D eigenvalue weighted by Crippen LogP contribution is -2.30. The van der Waals surface area contributed by atoms with Crippen molar-refractivity contribution in [2.75, 3.05) is 0 Å². The van der Waals surface area contributed by atoms with Gasteiger partial charge in [0.2, 0.25) is 0 Å². The number of furan rings is 1. The Labute approximate surface area is 78.8 Å². The maximum Gasteiger partial charge on any atom is 0.133 e. The Kier molecular flexibility index (Phi) is 1.83. The zero-order valence-electron chi connectivity index (χ0n) is 8.55. The van der Waals surface area contributed by atoms with Crippen molar-refractivity contribution < 1.29 is 4.42 Å². The topological polar surface area (TPSA) is 13.1 Å². The van der Waals surface area contributed by atoms with Crippen molar-refractivity contribution in [2.45, 2.75) is 33.6 Å². The Morgan fingerprint density at radius 1 is 1.31 bits per heavy atom. The maximum absolute atomic E-state index is 5.53. The molecule has 1 heterocycles. The van der Waals surface area contributed by atoms with Crippen molar-refractivity contribution in [3.8, 4) is 0 Å². The summed E-state index contributed by atoms with van der Waals surface area (Å²) in [7, 11) is 0. The minimum atomic E-state index is 0.237. The zero-order chi connectivity index (χ0) is 9.47. The Hall–Kier alpha value is -0.980. The summed E-state index contributed by atoms with van der Waals surface area (Å²) in [5, 5.41) is 1.27. The molecule has 0 spiro atoms. The zero-order valence-corrected chi connectivity index (χ0v) is 8.55. The third kappa shape index (κ3) is 1.43. The fourth-order valence-electron chi connectivity index (χ4n) is 1.93. The van der Waals surface area contributed by atoms with E-state index in [1.54, 1.807) is 6.26 Å². The summed E-state index contributed by atoms with van der Waals surface area (Å²) in [6.07, 6.45) is 6.34. The van der Waals surface area contributed by atoms with Crippen LogP contribution in [0.2, 0.25) is 0 Å². The summed E-state index contributed by atoms with van der Waals surface area (Å²) in [5.74, 6) is 0. The van der Waals surface area contributed by atoms with Gasteiger partial charge in [-0.3, -0.25) is 0 Å². The standard InChI is InChI=1S/C12H16O/c1-12(2,3)10-6-4-5-9-7-8-13-11(9)10/h5,7-8H,4,6H2,1-3H3. The molecule has 70 valence electrons. The third-order valence-corrected chi connectivity index (χ3v) is 2.63. The molecule has 1 nitrogen and oxygen atoms in total. The van der Waals surface area contributed by atoms with Crippen LogP contribution in [-0.2, 0) is 0 Å². The summed E-state index contributed by atoms with van der Waals surface area (Å²) in [4.78, 5) is 0. The third-order valence-electron chi connectivity index (χ3n) is 2.63. The SMILES string of the molecule is CC(C)(C)C1=c2occc2=CCC1. The summed E-state index contributed by atoms with van der Waals surface area (Å²) >= 11 is 0. The van der Waals surface area contributed by atoms with E-state index >= 15 is 0 Å². The predicted octanol–water partition coefficient (Wildman–Crippen LogP) is 2.05. The van der Waals surface area contributed by atoms with E-state index in [4.69, 9.17) is 4.42 Å². The molecule has 1 aliphatic carbocycles. The monoisotopic (exact) mass is 176 g/mol. The summed E-state index contributed by atoms with van der Waals surface area (Å²) in [6, 6.07) is 2.06. The molecule has 13 heavy (non-hydrogen) atoms. The molecule has 1 heteroatoms. The van der Waals surface area contributed by atoms with Crippen LogP contribution < -0.4 is 10.6 Å². The molecule has 0 aliphatic heterocycles. The number of rotatable bonds is 0. The van der Waals surface area contributed by atoms with Crippen LogP contribution in [0.1, 0.15) is 33.6 Å². The lowest BCUT2D eigenvalue weighted by atomic mass is 9.82. The van der Waals surface area contributed by atoms with Crippen LogP contribution in [0.5, 0.6) is 0 Å². The van der Waals surface area contributed by atoms with E-state index in [-0.39, 0.29) is 5.41 Å². The van der Waals surface area contributed by atoms with Gasteiger partial charge in [0.05, 0.1) is 6.26 Å². The van der Waals surface area contributed by atoms with Gasteiger partial charge in [-0.25, -0.2) is 0 Å². The van der Waals surface area contributed by atoms with Crippen molar-refractivity contribution in [2.24, 2.45) is 5.41 Å². The highest BCUT2D eigenvalue weighted by Crippen LogP contribution is 2.29. The van der Waals surface area contributed by atoms with E-state index in [2.05, 4.69) is 32.9 Å². The maximum atomic E-state index is 5.53. The molecule has 1 aromatic heterocycles. The Bertz CT molecular complexity index is 415. The molecule has 0 fully saturated rings. The van der Waals surface area contributed by atoms with E-state index in [0.29, 0.717) is 0 Å². The fourth-order valence-corrected chi connectivity index (χ4v) is 1.93. The first-order valence-electron chi connectivity index (χ1n) is 4.86. The van der Waals surface area contributed by atoms with E-state index < -0.39 is 0 Å². The highest BCUT2D eigenvalue weighted by Gasteiger charge is 2.20. The first-order chi connectivity index (χ1) is 6.09. The summed E-state index contributed by atoms with van der Waals surface area (Å²) < 4.78 is 5.53. The number of fused-ring (bicyclic) bond motifs is 1. The van der Waals surface area contributed by atoms with Crippen LogP contribution in [0.15, 0.2) is 16.7 Å². The highest BCUT2D eigenvalue weighted by molar-refractivity contribution is 5.53. The lowest BCUT2D eigenvalue weighted by molar-refractivity contribution is 0.483. The molecule has 0 amide bonds. The van der Waals surface area contributed by atoms with Gasteiger partial charge in [0.25, 0.3) is 0 Å². The van der Waals surface area contributed by atoms with E-state index in [0.717, 1.165) is 18.3 Å². The van der Waals surface area contributed by atoms with Crippen molar-refractivity contribution in [1.29, 1.82) is 0 Å². The summed E-state index contributed by atoms with van der Waals surface area (Å²) in [6.45, 7) is 6.75. The van der Waals surface area contributed by atoms with Crippen molar-refractivity contribution in [3.63, 3.8) is 0 Å². The quantitative estimate of drug-likeness (QED) is 0.589. The van der Waals surface area contributed by atoms with Gasteiger partial charge in [-0.1, -0.05) is 26.8 Å². The minimum Gasteiger partial charge on any atom is -0.464 e. The molecule has 2 rings (SSSR count). The fraction of sp³-hybridized carbons (Fsp3) is 0.500. The molecule has 0 saturated heterocycles. The van der Waals surface area contributed by atoms with Crippen molar-refractivity contribution in [1.82, 2.24) is 0 Å². The van der Waals surface area contributed by atoms with Crippen molar-refractivity contribution >= 4 is 11.6 Å². The predicted molar refractivity (Wildman–Crippen MR) is 54.5 cm³/mol. The van der Waals surface area contributed by atoms with Gasteiger partial charge in [-0.2, -0.15) is 0 Å². The lowest BCUT2D eigenvalue weighted by Gasteiger charge is -2.23. The second kappa shape index (κ2) is 2.76. The highest BCUT2D eigenvalue weighted by atomic mass is 16.3. The Morgan fingerprint density at radius 3 is 2.77 bits per heavy atom. The molecular weight excluding hydrogens is 160 g/mol. The molecule has 0 atom stereocenters. The summed E-state index contributed by atoms with van der Waals surface area (Å²) in [5.41, 5.74) is 2.80. The molecule has 0 saturated carbocycles. The van der Waals surface area contributed by atoms with Crippen LogP contribution >= 0.6 is 0 Å². The Morgan fingerprint density at radius 2 is 2.08 bits per heavy atom. The van der Waals surface area contributed by atoms with E-state index in [1.165, 1.54) is 10.8 Å². The molecule has 1 aromatic rings. The minimum absolute atomic E-state index is 0.237. The molecule has 1 aliphatic rings. The van der Waals surface area contributed by atoms with Crippen LogP contribution in [-0.4, -0.2) is 0 Å². The molecule has 0 N–H and O–H groups in total. The molecular formula is C12H16O. The average molecular weight is 176 g/mol. The second-order valence-corrected chi connectivity index (χ2v) is 4.68. The number of hydrogen-bond acceptors (Lipinski definition) is 1.